The Labute approximate surface area is 249 Å². The van der Waals surface area contributed by atoms with Crippen molar-refractivity contribution in [3.8, 4) is 16.9 Å². The average Bonchev–Trinajstić information content (AvgIpc) is 3.82. The third-order valence-corrected chi connectivity index (χ3v) is 8.88. The van der Waals surface area contributed by atoms with Crippen LogP contribution in [0.5, 0.6) is 5.75 Å². The normalized spacial score (nSPS) is 18.1. The Balaban J connectivity index is 1.15. The van der Waals surface area contributed by atoms with Gasteiger partial charge in [-0.25, -0.2) is 19.2 Å². The van der Waals surface area contributed by atoms with Crippen molar-refractivity contribution in [1.29, 1.82) is 0 Å². The molecule has 2 aromatic heterocycles. The van der Waals surface area contributed by atoms with E-state index < -0.39 is 29.8 Å². The van der Waals surface area contributed by atoms with Crippen molar-refractivity contribution >= 4 is 34.4 Å². The van der Waals surface area contributed by atoms with E-state index in [0.29, 0.717) is 47.2 Å². The van der Waals surface area contributed by atoms with Crippen molar-refractivity contribution in [1.82, 2.24) is 24.3 Å². The molecule has 0 radical (unpaired) electrons. The number of likely N-dealkylation sites (tertiary alicyclic amines) is 1. The van der Waals surface area contributed by atoms with Crippen LogP contribution in [0.25, 0.3) is 11.1 Å². The lowest BCUT2D eigenvalue weighted by atomic mass is 9.99. The number of anilines is 1. The Morgan fingerprint density at radius 2 is 1.98 bits per heavy atom. The van der Waals surface area contributed by atoms with Crippen molar-refractivity contribution in [3.63, 3.8) is 0 Å². The summed E-state index contributed by atoms with van der Waals surface area (Å²) in [6.07, 6.45) is 4.33. The van der Waals surface area contributed by atoms with Gasteiger partial charge in [0.25, 0.3) is 11.8 Å². The van der Waals surface area contributed by atoms with E-state index in [-0.39, 0.29) is 23.8 Å². The number of hydrogen-bond donors (Lipinski definition) is 2. The fourth-order valence-electron chi connectivity index (χ4n) is 6.08. The maximum atomic E-state index is 15.6. The molecule has 3 amide bonds. The molecule has 220 valence electrons. The summed E-state index contributed by atoms with van der Waals surface area (Å²) < 4.78 is 23.5. The molecule has 0 spiro atoms. The molecule has 2 N–H and O–H groups in total. The molecule has 3 aliphatic rings. The summed E-state index contributed by atoms with van der Waals surface area (Å²) in [4.78, 5) is 50.1. The van der Waals surface area contributed by atoms with Crippen molar-refractivity contribution < 1.29 is 28.6 Å². The molecular weight excluding hydrogens is 575 g/mol. The number of ether oxygens (including phenoxy) is 1. The van der Waals surface area contributed by atoms with E-state index >= 15 is 4.39 Å². The molecule has 0 aliphatic carbocycles. The third-order valence-electron chi connectivity index (χ3n) is 8.19. The maximum absolute atomic E-state index is 15.6. The molecule has 7 rings (SSSR count). The van der Waals surface area contributed by atoms with Crippen LogP contribution in [-0.4, -0.2) is 66.5 Å². The number of carbonyl (C=O) groups excluding carboxylic acids is 2. The summed E-state index contributed by atoms with van der Waals surface area (Å²) in [7, 11) is 0. The lowest BCUT2D eigenvalue weighted by Gasteiger charge is -2.26. The van der Waals surface area contributed by atoms with Crippen molar-refractivity contribution in [2.24, 2.45) is 0 Å². The van der Waals surface area contributed by atoms with Crippen LogP contribution in [0.4, 0.5) is 14.3 Å². The highest BCUT2D eigenvalue weighted by atomic mass is 32.1. The number of fused-ring (bicyclic) bond motifs is 2. The molecule has 1 unspecified atom stereocenters. The van der Waals surface area contributed by atoms with Gasteiger partial charge in [-0.2, -0.15) is 0 Å². The molecular formula is C30H27FN6O5S. The number of aromatic nitrogens is 3. The van der Waals surface area contributed by atoms with Crippen molar-refractivity contribution in [2.75, 3.05) is 18.4 Å². The highest BCUT2D eigenvalue weighted by Gasteiger charge is 2.42. The topological polar surface area (TPSA) is 130 Å². The first kappa shape index (κ1) is 27.1. The van der Waals surface area contributed by atoms with Gasteiger partial charge in [0.15, 0.2) is 11.2 Å². The summed E-state index contributed by atoms with van der Waals surface area (Å²) in [6.45, 7) is 1.45. The summed E-state index contributed by atoms with van der Waals surface area (Å²) >= 11 is 1.27. The van der Waals surface area contributed by atoms with Gasteiger partial charge in [-0.3, -0.25) is 14.9 Å². The second-order valence-corrected chi connectivity index (χ2v) is 11.7. The summed E-state index contributed by atoms with van der Waals surface area (Å²) in [6, 6.07) is 9.04. The first-order valence-electron chi connectivity index (χ1n) is 14.0. The average molecular weight is 603 g/mol. The van der Waals surface area contributed by atoms with Gasteiger partial charge in [-0.05, 0) is 48.2 Å². The number of halogens is 1. The van der Waals surface area contributed by atoms with Crippen LogP contribution in [0.15, 0.2) is 54.3 Å². The lowest BCUT2D eigenvalue weighted by Crippen LogP contribution is -2.38. The molecule has 1 fully saturated rings. The van der Waals surface area contributed by atoms with Crippen LogP contribution in [-0.2, 0) is 24.3 Å². The van der Waals surface area contributed by atoms with Gasteiger partial charge < -0.3 is 24.2 Å². The van der Waals surface area contributed by atoms with Gasteiger partial charge >= 0.3 is 6.09 Å². The van der Waals surface area contributed by atoms with Gasteiger partial charge in [0, 0.05) is 47.9 Å². The van der Waals surface area contributed by atoms with E-state index in [1.54, 1.807) is 48.2 Å². The van der Waals surface area contributed by atoms with Crippen LogP contribution < -0.4 is 10.1 Å². The number of hydrogen-bond acceptors (Lipinski definition) is 7. The lowest BCUT2D eigenvalue weighted by molar-refractivity contribution is -0.121. The SMILES string of the molecule is O=C(Nc1nccs1)C(c1ncn2c1CCC2)N1Cc2c(F)cc(-c3ccc(O[C@@H]4CCN(C(=O)O)C4)cc3)cc2C1=O. The first-order chi connectivity index (χ1) is 20.9. The second-order valence-electron chi connectivity index (χ2n) is 10.8. The Hall–Kier alpha value is -4.78. The zero-order valence-corrected chi connectivity index (χ0v) is 23.7. The molecule has 2 atom stereocenters. The molecule has 4 aromatic rings. The maximum Gasteiger partial charge on any atom is 0.407 e. The van der Waals surface area contributed by atoms with Crippen molar-refractivity contribution in [3.05, 3.63) is 82.6 Å². The third kappa shape index (κ3) is 4.99. The Bertz CT molecular complexity index is 1720. The van der Waals surface area contributed by atoms with Crippen LogP contribution in [0, 0.1) is 5.82 Å². The molecule has 43 heavy (non-hydrogen) atoms. The first-order valence-corrected chi connectivity index (χ1v) is 14.9. The fraction of sp³-hybridized carbons (Fsp3) is 0.300. The van der Waals surface area contributed by atoms with Gasteiger partial charge in [-0.15, -0.1) is 11.3 Å². The monoisotopic (exact) mass is 602 g/mol. The van der Waals surface area contributed by atoms with Gasteiger partial charge in [0.05, 0.1) is 25.1 Å². The zero-order chi connectivity index (χ0) is 29.7. The Morgan fingerprint density at radius 1 is 1.14 bits per heavy atom. The molecule has 11 nitrogen and oxygen atoms in total. The van der Waals surface area contributed by atoms with E-state index in [1.807, 2.05) is 4.57 Å². The van der Waals surface area contributed by atoms with Crippen LogP contribution in [0.1, 0.15) is 46.2 Å². The molecule has 1 saturated heterocycles. The number of carboxylic acid groups (broad SMARTS) is 1. The molecule has 5 heterocycles. The number of amides is 3. The number of nitrogens with zero attached hydrogens (tertiary/aromatic N) is 5. The minimum Gasteiger partial charge on any atom is -0.489 e. The van der Waals surface area contributed by atoms with Crippen LogP contribution in [0.3, 0.4) is 0 Å². The summed E-state index contributed by atoms with van der Waals surface area (Å²) in [5.41, 5.74) is 3.04. The fourth-order valence-corrected chi connectivity index (χ4v) is 6.61. The highest BCUT2D eigenvalue weighted by molar-refractivity contribution is 7.13. The second kappa shape index (κ2) is 10.8. The molecule has 2 aromatic carbocycles. The standard InChI is InChI=1S/C30H27FN6O5S/c31-23-13-18(17-3-5-19(6-4-17)42-20-7-10-35(14-20)30(40)41)12-21-22(23)15-37(28(21)39)26(27(38)34-29-32-8-11-43-29)25-24-2-1-9-36(24)16-33-25/h3-6,8,11-13,16,20,26H,1-2,7,9-10,14-15H2,(H,40,41)(H,32,34,38)/t20-,26?/m1/s1. The molecule has 3 aliphatic heterocycles. The number of thiazole rings is 1. The van der Waals surface area contributed by atoms with E-state index in [9.17, 15) is 14.4 Å². The quantitative estimate of drug-likeness (QED) is 0.317. The highest BCUT2D eigenvalue weighted by Crippen LogP contribution is 2.38. The number of nitrogens with one attached hydrogen (secondary N) is 1. The zero-order valence-electron chi connectivity index (χ0n) is 22.9. The van der Waals surface area contributed by atoms with E-state index in [2.05, 4.69) is 15.3 Å². The predicted molar refractivity (Wildman–Crippen MR) is 154 cm³/mol. The molecule has 0 saturated carbocycles. The Kier molecular flexibility index (Phi) is 6.80. The predicted octanol–water partition coefficient (Wildman–Crippen LogP) is 4.56. The van der Waals surface area contributed by atoms with Gasteiger partial charge in [-0.1, -0.05) is 12.1 Å². The van der Waals surface area contributed by atoms with Crippen molar-refractivity contribution in [2.45, 2.75) is 44.5 Å². The number of benzene rings is 2. The number of carbonyl (C=O) groups is 3. The largest absolute Gasteiger partial charge is 0.489 e. The van der Waals surface area contributed by atoms with E-state index in [4.69, 9.17) is 9.84 Å². The summed E-state index contributed by atoms with van der Waals surface area (Å²) in [5.74, 6) is -0.850. The van der Waals surface area contributed by atoms with Gasteiger partial charge in [0.1, 0.15) is 17.7 Å². The minimum atomic E-state index is -1.05. The number of imidazole rings is 1. The van der Waals surface area contributed by atoms with E-state index in [0.717, 1.165) is 25.1 Å². The number of rotatable bonds is 7. The molecule has 0 bridgehead atoms. The van der Waals surface area contributed by atoms with E-state index in [1.165, 1.54) is 27.2 Å². The minimum absolute atomic E-state index is 0.0654. The Morgan fingerprint density at radius 3 is 2.72 bits per heavy atom. The summed E-state index contributed by atoms with van der Waals surface area (Å²) in [5, 5.41) is 14.1. The van der Waals surface area contributed by atoms with Gasteiger partial charge in [0.2, 0.25) is 0 Å². The number of aryl methyl sites for hydroxylation is 1. The molecule has 13 heteroatoms. The van der Waals surface area contributed by atoms with Crippen LogP contribution in [0.2, 0.25) is 0 Å². The van der Waals surface area contributed by atoms with Crippen LogP contribution >= 0.6 is 11.3 Å². The smallest absolute Gasteiger partial charge is 0.407 e.